The van der Waals surface area contributed by atoms with E-state index in [4.69, 9.17) is 51.7 Å². The molecule has 0 aliphatic carbocycles. The van der Waals surface area contributed by atoms with Crippen LogP contribution in [0.15, 0.2) is 0 Å². The molecule has 4 nitrogen and oxygen atoms in total. The molecule has 0 bridgehead atoms. The molecule has 1 aromatic heterocycles. The average molecular weight is 300 g/mol. The lowest BCUT2D eigenvalue weighted by Gasteiger charge is -2.06. The van der Waals surface area contributed by atoms with E-state index in [-0.39, 0.29) is 25.9 Å². The lowest BCUT2D eigenvalue weighted by atomic mass is 10.3. The predicted molar refractivity (Wildman–Crippen MR) is 60.2 cm³/mol. The van der Waals surface area contributed by atoms with Crippen molar-refractivity contribution in [3.05, 3.63) is 25.9 Å². The predicted octanol–water partition coefficient (Wildman–Crippen LogP) is 3.38. The van der Waals surface area contributed by atoms with Gasteiger partial charge in [0.15, 0.2) is 12.3 Å². The maximum Gasteiger partial charge on any atom is 0.359 e. The van der Waals surface area contributed by atoms with Crippen LogP contribution in [0.2, 0.25) is 20.2 Å². The Balaban J connectivity index is 3.16. The average Bonchev–Trinajstić information content (AvgIpc) is 2.28. The minimum atomic E-state index is -0.896. The molecule has 0 aromatic carbocycles. The van der Waals surface area contributed by atoms with Crippen LogP contribution < -0.4 is 0 Å². The number of carbonyl (C=O) groups excluding carboxylic acids is 1. The van der Waals surface area contributed by atoms with E-state index in [9.17, 15) is 4.79 Å². The van der Waals surface area contributed by atoms with Crippen LogP contribution >= 0.6 is 46.4 Å². The van der Waals surface area contributed by atoms with E-state index in [1.165, 1.54) is 0 Å². The number of hydrogen-bond acceptors (Lipinski definition) is 4. The Kier molecular flexibility index (Phi) is 4.63. The molecule has 0 saturated heterocycles. The van der Waals surface area contributed by atoms with Crippen molar-refractivity contribution in [2.24, 2.45) is 0 Å². The summed E-state index contributed by atoms with van der Waals surface area (Å²) in [6.07, 6.45) is 0. The molecule has 0 radical (unpaired) electrons. The van der Waals surface area contributed by atoms with Gasteiger partial charge in [0.25, 0.3) is 0 Å². The van der Waals surface area contributed by atoms with Gasteiger partial charge >= 0.3 is 5.97 Å². The third kappa shape index (κ3) is 2.69. The Hall–Kier alpha value is -0.730. The topological polar surface area (TPSA) is 63.0 Å². The van der Waals surface area contributed by atoms with Gasteiger partial charge in [0.2, 0.25) is 0 Å². The second-order valence-corrected chi connectivity index (χ2v) is 3.92. The Morgan fingerprint density at radius 2 is 1.88 bits per heavy atom. The minimum Gasteiger partial charge on any atom is -0.446 e. The van der Waals surface area contributed by atoms with Crippen molar-refractivity contribution in [3.63, 3.8) is 0 Å². The van der Waals surface area contributed by atoms with E-state index in [0.717, 1.165) is 0 Å². The summed E-state index contributed by atoms with van der Waals surface area (Å²) in [7, 11) is 0. The van der Waals surface area contributed by atoms with Gasteiger partial charge in [0.05, 0.1) is 15.1 Å². The van der Waals surface area contributed by atoms with Crippen LogP contribution in [0, 0.1) is 11.3 Å². The first-order chi connectivity index (χ1) is 7.49. The number of halogens is 4. The summed E-state index contributed by atoms with van der Waals surface area (Å²) in [5.74, 6) is -0.896. The van der Waals surface area contributed by atoms with Gasteiger partial charge in [-0.15, -0.1) is 0 Å². The van der Waals surface area contributed by atoms with Crippen molar-refractivity contribution >= 4 is 52.4 Å². The second kappa shape index (κ2) is 5.55. The van der Waals surface area contributed by atoms with Crippen molar-refractivity contribution in [1.29, 1.82) is 5.26 Å². The van der Waals surface area contributed by atoms with E-state index >= 15 is 0 Å². The molecule has 0 unspecified atom stereocenters. The van der Waals surface area contributed by atoms with Gasteiger partial charge < -0.3 is 4.74 Å². The highest BCUT2D eigenvalue weighted by Crippen LogP contribution is 2.36. The van der Waals surface area contributed by atoms with Crippen LogP contribution in [-0.2, 0) is 4.74 Å². The number of carbonyl (C=O) groups is 1. The molecule has 1 rings (SSSR count). The molecule has 8 heteroatoms. The van der Waals surface area contributed by atoms with Crippen LogP contribution in [0.25, 0.3) is 0 Å². The monoisotopic (exact) mass is 298 g/mol. The summed E-state index contributed by atoms with van der Waals surface area (Å²) in [6, 6.07) is 1.62. The number of ether oxygens (including phenoxy) is 1. The fourth-order valence-electron chi connectivity index (χ4n) is 0.789. The van der Waals surface area contributed by atoms with Crippen LogP contribution in [0.1, 0.15) is 10.5 Å². The first kappa shape index (κ1) is 13.3. The number of pyridine rings is 1. The minimum absolute atomic E-state index is 0.0508. The third-order valence-electron chi connectivity index (χ3n) is 1.45. The van der Waals surface area contributed by atoms with E-state index < -0.39 is 12.6 Å². The van der Waals surface area contributed by atoms with Gasteiger partial charge in [-0.1, -0.05) is 46.4 Å². The second-order valence-electron chi connectivity index (χ2n) is 2.43. The normalized spacial score (nSPS) is 9.69. The highest BCUT2D eigenvalue weighted by molar-refractivity contribution is 6.52. The molecule has 16 heavy (non-hydrogen) atoms. The van der Waals surface area contributed by atoms with Crippen LogP contribution in [0.5, 0.6) is 0 Å². The highest BCUT2D eigenvalue weighted by atomic mass is 35.5. The fourth-order valence-corrected chi connectivity index (χ4v) is 1.59. The lowest BCUT2D eigenvalue weighted by molar-refractivity contribution is 0.0548. The van der Waals surface area contributed by atoms with Crippen molar-refractivity contribution in [3.8, 4) is 6.07 Å². The Morgan fingerprint density at radius 3 is 2.44 bits per heavy atom. The number of aromatic nitrogens is 1. The van der Waals surface area contributed by atoms with Crippen molar-refractivity contribution in [2.75, 3.05) is 6.61 Å². The lowest BCUT2D eigenvalue weighted by Crippen LogP contribution is -2.09. The van der Waals surface area contributed by atoms with Crippen LogP contribution in [0.3, 0.4) is 0 Å². The largest absolute Gasteiger partial charge is 0.446 e. The van der Waals surface area contributed by atoms with Crippen molar-refractivity contribution < 1.29 is 9.53 Å². The van der Waals surface area contributed by atoms with Crippen molar-refractivity contribution in [2.45, 2.75) is 0 Å². The fraction of sp³-hybridized carbons (Fsp3) is 0.125. The van der Waals surface area contributed by atoms with Gasteiger partial charge in [0.1, 0.15) is 11.2 Å². The maximum absolute atomic E-state index is 11.4. The summed E-state index contributed by atoms with van der Waals surface area (Å²) in [5, 5.41) is 7.76. The third-order valence-corrected chi connectivity index (χ3v) is 3.12. The molecule has 0 atom stereocenters. The molecule has 0 fully saturated rings. The molecule has 0 amide bonds. The highest BCUT2D eigenvalue weighted by Gasteiger charge is 2.21. The molecule has 0 N–H and O–H groups in total. The molecular weight excluding hydrogens is 298 g/mol. The summed E-state index contributed by atoms with van der Waals surface area (Å²) >= 11 is 22.7. The number of nitriles is 1. The number of rotatable bonds is 2. The number of hydrogen-bond donors (Lipinski definition) is 0. The Bertz CT molecular complexity index is 484. The maximum atomic E-state index is 11.4. The van der Waals surface area contributed by atoms with Crippen LogP contribution in [0.4, 0.5) is 0 Å². The smallest absolute Gasteiger partial charge is 0.359 e. The standard InChI is InChI=1S/C8H2Cl4N2O2/c9-3-4(10)6(8(15)16-2-1-13)14-7(12)5(3)11/h2H2. The van der Waals surface area contributed by atoms with Gasteiger partial charge in [-0.05, 0) is 0 Å². The van der Waals surface area contributed by atoms with Gasteiger partial charge in [-0.2, -0.15) is 5.26 Å². The number of nitrogens with zero attached hydrogens (tertiary/aromatic N) is 2. The zero-order valence-corrected chi connectivity index (χ0v) is 10.5. The van der Waals surface area contributed by atoms with E-state index in [1.54, 1.807) is 6.07 Å². The molecule has 0 aliphatic rings. The molecule has 1 aromatic rings. The Labute approximate surface area is 111 Å². The summed E-state index contributed by atoms with van der Waals surface area (Å²) in [4.78, 5) is 15.0. The van der Waals surface area contributed by atoms with Gasteiger partial charge in [-0.25, -0.2) is 9.78 Å². The van der Waals surface area contributed by atoms with E-state index in [1.807, 2.05) is 0 Å². The summed E-state index contributed by atoms with van der Waals surface area (Å²) < 4.78 is 4.50. The Morgan fingerprint density at radius 1 is 1.25 bits per heavy atom. The molecule has 0 saturated carbocycles. The summed E-state index contributed by atoms with van der Waals surface area (Å²) in [5.41, 5.74) is -0.281. The molecular formula is C8H2Cl4N2O2. The molecule has 0 aliphatic heterocycles. The van der Waals surface area contributed by atoms with Gasteiger partial charge in [-0.3, -0.25) is 0 Å². The van der Waals surface area contributed by atoms with Gasteiger partial charge in [0, 0.05) is 0 Å². The van der Waals surface area contributed by atoms with E-state index in [2.05, 4.69) is 9.72 Å². The van der Waals surface area contributed by atoms with Crippen LogP contribution in [-0.4, -0.2) is 17.6 Å². The zero-order valence-electron chi connectivity index (χ0n) is 7.43. The summed E-state index contributed by atoms with van der Waals surface area (Å²) in [6.45, 7) is -0.422. The number of esters is 1. The first-order valence-electron chi connectivity index (χ1n) is 3.73. The molecule has 84 valence electrons. The van der Waals surface area contributed by atoms with Crippen molar-refractivity contribution in [1.82, 2.24) is 4.98 Å². The quantitative estimate of drug-likeness (QED) is 0.620. The molecule has 0 spiro atoms. The van der Waals surface area contributed by atoms with E-state index in [0.29, 0.717) is 0 Å². The first-order valence-corrected chi connectivity index (χ1v) is 5.24. The molecule has 1 heterocycles. The SMILES string of the molecule is N#CCOC(=O)c1nc(Cl)c(Cl)c(Cl)c1Cl. The zero-order chi connectivity index (χ0) is 12.3.